The predicted octanol–water partition coefficient (Wildman–Crippen LogP) is 3.22. The van der Waals surface area contributed by atoms with Gasteiger partial charge in [0, 0.05) is 10.3 Å². The van der Waals surface area contributed by atoms with Crippen LogP contribution in [0.25, 0.3) is 11.3 Å². The topological polar surface area (TPSA) is 32.9 Å². The molecular formula is C11H11NOS2. The Balaban J connectivity index is 2.27. The van der Waals surface area contributed by atoms with E-state index in [0.717, 1.165) is 17.0 Å². The molecule has 15 heavy (non-hydrogen) atoms. The first-order chi connectivity index (χ1) is 7.29. The van der Waals surface area contributed by atoms with E-state index in [0.29, 0.717) is 0 Å². The Bertz CT molecular complexity index is 484. The summed E-state index contributed by atoms with van der Waals surface area (Å²) in [5, 5.41) is 1.85. The normalized spacial score (nSPS) is 10.5. The Kier molecular flexibility index (Phi) is 3.28. The minimum atomic E-state index is -0.00277. The predicted molar refractivity (Wildman–Crippen MR) is 66.8 cm³/mol. The van der Waals surface area contributed by atoms with Crippen molar-refractivity contribution in [3.63, 3.8) is 0 Å². The average molecular weight is 237 g/mol. The van der Waals surface area contributed by atoms with E-state index in [1.165, 1.54) is 16.2 Å². The van der Waals surface area contributed by atoms with Gasteiger partial charge in [-0.1, -0.05) is 30.4 Å². The summed E-state index contributed by atoms with van der Waals surface area (Å²) in [5.74, 6) is 1.08. The van der Waals surface area contributed by atoms with Crippen LogP contribution in [0.3, 0.4) is 0 Å². The highest BCUT2D eigenvalue weighted by Gasteiger charge is 2.00. The molecule has 2 aromatic rings. The van der Waals surface area contributed by atoms with Crippen molar-refractivity contribution in [3.8, 4) is 11.3 Å². The summed E-state index contributed by atoms with van der Waals surface area (Å²) in [6, 6.07) is 8.24. The first-order valence-electron chi connectivity index (χ1n) is 4.70. The van der Waals surface area contributed by atoms with E-state index >= 15 is 0 Å². The molecule has 0 radical (unpaired) electrons. The quantitative estimate of drug-likeness (QED) is 0.831. The maximum Gasteiger partial charge on any atom is 0.304 e. The maximum absolute atomic E-state index is 11.0. The first kappa shape index (κ1) is 10.5. The lowest BCUT2D eigenvalue weighted by Crippen LogP contribution is -1.92. The lowest BCUT2D eigenvalue weighted by molar-refractivity contribution is 1.33. The van der Waals surface area contributed by atoms with Crippen molar-refractivity contribution in [1.82, 2.24) is 4.98 Å². The van der Waals surface area contributed by atoms with Crippen molar-refractivity contribution in [1.29, 1.82) is 0 Å². The molecule has 0 fully saturated rings. The second kappa shape index (κ2) is 4.68. The van der Waals surface area contributed by atoms with Crippen LogP contribution in [0.4, 0.5) is 0 Å². The van der Waals surface area contributed by atoms with Crippen LogP contribution in [0.5, 0.6) is 0 Å². The largest absolute Gasteiger partial charge is 0.312 e. The lowest BCUT2D eigenvalue weighted by Gasteiger charge is -2.00. The van der Waals surface area contributed by atoms with Crippen molar-refractivity contribution in [2.24, 2.45) is 0 Å². The van der Waals surface area contributed by atoms with Crippen LogP contribution in [0.2, 0.25) is 0 Å². The zero-order valence-corrected chi connectivity index (χ0v) is 9.95. The van der Waals surface area contributed by atoms with Crippen molar-refractivity contribution >= 4 is 23.1 Å². The second-order valence-electron chi connectivity index (χ2n) is 3.02. The highest BCUT2D eigenvalue weighted by Crippen LogP contribution is 2.22. The fourth-order valence-electron chi connectivity index (χ4n) is 1.32. The highest BCUT2D eigenvalue weighted by atomic mass is 32.2. The smallest absolute Gasteiger partial charge is 0.304 e. The van der Waals surface area contributed by atoms with Gasteiger partial charge in [0.15, 0.2) is 0 Å². The van der Waals surface area contributed by atoms with E-state index in [1.807, 2.05) is 29.3 Å². The van der Waals surface area contributed by atoms with Crippen LogP contribution < -0.4 is 4.87 Å². The van der Waals surface area contributed by atoms with Crippen LogP contribution in [0.15, 0.2) is 39.3 Å². The monoisotopic (exact) mass is 237 g/mol. The van der Waals surface area contributed by atoms with Gasteiger partial charge in [0.25, 0.3) is 0 Å². The van der Waals surface area contributed by atoms with Crippen molar-refractivity contribution in [3.05, 3.63) is 39.3 Å². The third-order valence-electron chi connectivity index (χ3n) is 2.00. The fourth-order valence-corrected chi connectivity index (χ4v) is 2.57. The van der Waals surface area contributed by atoms with E-state index in [9.17, 15) is 4.79 Å². The van der Waals surface area contributed by atoms with Crippen LogP contribution in [0, 0.1) is 0 Å². The molecule has 2 rings (SSSR count). The fraction of sp³-hybridized carbons (Fsp3) is 0.182. The van der Waals surface area contributed by atoms with E-state index in [-0.39, 0.29) is 4.87 Å². The summed E-state index contributed by atoms with van der Waals surface area (Å²) in [5.41, 5.74) is 1.96. The van der Waals surface area contributed by atoms with Gasteiger partial charge in [-0.3, -0.25) is 4.79 Å². The van der Waals surface area contributed by atoms with E-state index in [1.54, 1.807) is 0 Å². The molecule has 0 amide bonds. The van der Waals surface area contributed by atoms with Gasteiger partial charge in [-0.05, 0) is 23.4 Å². The van der Waals surface area contributed by atoms with Crippen LogP contribution in [0.1, 0.15) is 6.92 Å². The summed E-state index contributed by atoms with van der Waals surface area (Å²) in [4.78, 5) is 15.1. The molecule has 0 aliphatic rings. The molecular weight excluding hydrogens is 226 g/mol. The Morgan fingerprint density at radius 1 is 1.33 bits per heavy atom. The zero-order valence-electron chi connectivity index (χ0n) is 8.32. The third kappa shape index (κ3) is 2.52. The summed E-state index contributed by atoms with van der Waals surface area (Å²) in [6.07, 6.45) is 0. The zero-order chi connectivity index (χ0) is 10.7. The molecule has 0 bridgehead atoms. The van der Waals surface area contributed by atoms with Gasteiger partial charge < -0.3 is 4.98 Å². The average Bonchev–Trinajstić information content (AvgIpc) is 2.67. The second-order valence-corrected chi connectivity index (χ2v) is 5.20. The number of rotatable bonds is 3. The molecule has 0 aliphatic carbocycles. The number of hydrogen-bond acceptors (Lipinski definition) is 3. The third-order valence-corrected chi connectivity index (χ3v) is 3.56. The molecule has 1 aromatic heterocycles. The van der Waals surface area contributed by atoms with Crippen LogP contribution in [-0.4, -0.2) is 10.7 Å². The number of thiazole rings is 1. The maximum atomic E-state index is 11.0. The van der Waals surface area contributed by atoms with Crippen LogP contribution in [-0.2, 0) is 0 Å². The van der Waals surface area contributed by atoms with Crippen molar-refractivity contribution < 1.29 is 0 Å². The molecule has 78 valence electrons. The standard InChI is InChI=1S/C11H11NOS2/c1-2-14-9-5-3-8(4-6-9)10-7-15-11(13)12-10/h3-7H,2H2,1H3,(H,12,13). The van der Waals surface area contributed by atoms with E-state index in [2.05, 4.69) is 24.0 Å². The Morgan fingerprint density at radius 3 is 2.60 bits per heavy atom. The van der Waals surface area contributed by atoms with Gasteiger partial charge in [0.2, 0.25) is 0 Å². The van der Waals surface area contributed by atoms with Crippen molar-refractivity contribution in [2.75, 3.05) is 5.75 Å². The number of aromatic amines is 1. The molecule has 2 nitrogen and oxygen atoms in total. The molecule has 1 aromatic carbocycles. The number of benzene rings is 1. The van der Waals surface area contributed by atoms with Gasteiger partial charge >= 0.3 is 4.87 Å². The van der Waals surface area contributed by atoms with Crippen molar-refractivity contribution in [2.45, 2.75) is 11.8 Å². The van der Waals surface area contributed by atoms with Gasteiger partial charge in [0.1, 0.15) is 0 Å². The Labute approximate surface area is 96.4 Å². The molecule has 0 atom stereocenters. The summed E-state index contributed by atoms with van der Waals surface area (Å²) < 4.78 is 0. The number of nitrogens with one attached hydrogen (secondary N) is 1. The molecule has 0 unspecified atom stereocenters. The molecule has 0 aliphatic heterocycles. The van der Waals surface area contributed by atoms with Gasteiger partial charge in [-0.15, -0.1) is 11.8 Å². The number of aromatic nitrogens is 1. The molecule has 0 saturated carbocycles. The minimum Gasteiger partial charge on any atom is -0.312 e. The molecule has 1 N–H and O–H groups in total. The Hall–Kier alpha value is -1.00. The molecule has 0 spiro atoms. The lowest BCUT2D eigenvalue weighted by atomic mass is 10.2. The first-order valence-corrected chi connectivity index (χ1v) is 6.57. The molecule has 0 saturated heterocycles. The van der Waals surface area contributed by atoms with Gasteiger partial charge in [0.05, 0.1) is 5.69 Å². The number of H-pyrrole nitrogens is 1. The minimum absolute atomic E-state index is 0.00277. The van der Waals surface area contributed by atoms with E-state index in [4.69, 9.17) is 0 Å². The SMILES string of the molecule is CCSc1ccc(-c2csc(=O)[nH]2)cc1. The summed E-state index contributed by atoms with van der Waals surface area (Å²) in [6.45, 7) is 2.13. The molecule has 1 heterocycles. The van der Waals surface area contributed by atoms with E-state index < -0.39 is 0 Å². The summed E-state index contributed by atoms with van der Waals surface area (Å²) >= 11 is 3.01. The van der Waals surface area contributed by atoms with Gasteiger partial charge in [-0.2, -0.15) is 0 Å². The number of thioether (sulfide) groups is 1. The van der Waals surface area contributed by atoms with Crippen LogP contribution >= 0.6 is 23.1 Å². The highest BCUT2D eigenvalue weighted by molar-refractivity contribution is 7.99. The van der Waals surface area contributed by atoms with Gasteiger partial charge in [-0.25, -0.2) is 0 Å². The molecule has 4 heteroatoms. The Morgan fingerprint density at radius 2 is 2.07 bits per heavy atom. The number of hydrogen-bond donors (Lipinski definition) is 1. The summed E-state index contributed by atoms with van der Waals surface area (Å²) in [7, 11) is 0.